The van der Waals surface area contributed by atoms with E-state index in [1.54, 1.807) is 4.68 Å². The van der Waals surface area contributed by atoms with Gasteiger partial charge < -0.3 is 5.73 Å². The first-order valence-electron chi connectivity index (χ1n) is 5.74. The molecule has 17 heavy (non-hydrogen) atoms. The fourth-order valence-electron chi connectivity index (χ4n) is 2.09. The maximum atomic E-state index is 5.98. The van der Waals surface area contributed by atoms with Crippen LogP contribution in [0.3, 0.4) is 0 Å². The zero-order chi connectivity index (χ0) is 12.0. The van der Waals surface area contributed by atoms with Crippen LogP contribution in [0, 0.1) is 0 Å². The lowest BCUT2D eigenvalue weighted by atomic mass is 10.0. The summed E-state index contributed by atoms with van der Waals surface area (Å²) >= 11 is 3.65. The molecule has 4 heteroatoms. The number of anilines is 1. The second-order valence-corrected chi connectivity index (χ2v) is 5.43. The summed E-state index contributed by atoms with van der Waals surface area (Å²) in [5.74, 6) is 1.46. The number of aryl methyl sites for hydroxylation is 1. The van der Waals surface area contributed by atoms with E-state index in [1.807, 2.05) is 13.2 Å². The molecule has 1 heterocycles. The topological polar surface area (TPSA) is 43.8 Å². The van der Waals surface area contributed by atoms with E-state index < -0.39 is 0 Å². The van der Waals surface area contributed by atoms with Crippen LogP contribution in [0.15, 0.2) is 28.9 Å². The number of hydrogen-bond acceptors (Lipinski definition) is 2. The molecule has 1 aromatic carbocycles. The predicted molar refractivity (Wildman–Crippen MR) is 72.7 cm³/mol. The number of halogens is 1. The molecular formula is C13H14BrN3. The molecule has 2 aromatic rings. The molecule has 0 aliphatic heterocycles. The maximum absolute atomic E-state index is 5.98. The molecule has 3 rings (SSSR count). The lowest BCUT2D eigenvalue weighted by Gasteiger charge is -2.06. The van der Waals surface area contributed by atoms with Crippen molar-refractivity contribution in [1.82, 2.24) is 9.78 Å². The van der Waals surface area contributed by atoms with Crippen LogP contribution in [0.1, 0.15) is 24.3 Å². The molecule has 1 saturated carbocycles. The lowest BCUT2D eigenvalue weighted by molar-refractivity contribution is 0.779. The number of nitrogens with two attached hydrogens (primary N) is 1. The van der Waals surface area contributed by atoms with Gasteiger partial charge in [0.1, 0.15) is 5.82 Å². The molecule has 1 aliphatic carbocycles. The molecule has 0 bridgehead atoms. The summed E-state index contributed by atoms with van der Waals surface area (Å²) in [4.78, 5) is 0. The molecule has 2 N–H and O–H groups in total. The van der Waals surface area contributed by atoms with Gasteiger partial charge in [0.15, 0.2) is 0 Å². The van der Waals surface area contributed by atoms with Gasteiger partial charge >= 0.3 is 0 Å². The molecule has 0 radical (unpaired) electrons. The minimum Gasteiger partial charge on any atom is -0.383 e. The van der Waals surface area contributed by atoms with E-state index in [1.165, 1.54) is 22.9 Å². The molecule has 0 atom stereocenters. The number of aromatic nitrogens is 2. The van der Waals surface area contributed by atoms with Crippen molar-refractivity contribution in [2.45, 2.75) is 18.8 Å². The number of nitrogen functional groups attached to an aromatic ring is 1. The quantitative estimate of drug-likeness (QED) is 0.923. The van der Waals surface area contributed by atoms with E-state index in [9.17, 15) is 0 Å². The highest BCUT2D eigenvalue weighted by Gasteiger charge is 2.25. The van der Waals surface area contributed by atoms with Gasteiger partial charge in [-0.05, 0) is 36.0 Å². The SMILES string of the molecule is Cn1ncc(-c2ccc(C3CC3)c(Br)c2)c1N. The van der Waals surface area contributed by atoms with Crippen LogP contribution in [0.4, 0.5) is 5.82 Å². The normalized spacial score (nSPS) is 15.2. The standard InChI is InChI=1S/C13H14BrN3/c1-17-13(15)11(7-16-17)9-4-5-10(8-2-3-8)12(14)6-9/h4-8H,2-3,15H2,1H3. The summed E-state index contributed by atoms with van der Waals surface area (Å²) in [6.07, 6.45) is 4.44. The molecule has 0 saturated heterocycles. The second kappa shape index (κ2) is 3.88. The molecule has 1 aromatic heterocycles. The average Bonchev–Trinajstić information content (AvgIpc) is 3.08. The van der Waals surface area contributed by atoms with E-state index in [-0.39, 0.29) is 0 Å². The monoisotopic (exact) mass is 291 g/mol. The number of nitrogens with zero attached hydrogens (tertiary/aromatic N) is 2. The Morgan fingerprint density at radius 3 is 2.71 bits per heavy atom. The van der Waals surface area contributed by atoms with Gasteiger partial charge in [0.25, 0.3) is 0 Å². The Hall–Kier alpha value is -1.29. The third kappa shape index (κ3) is 1.86. The smallest absolute Gasteiger partial charge is 0.129 e. The van der Waals surface area contributed by atoms with Gasteiger partial charge in [-0.15, -0.1) is 0 Å². The summed E-state index contributed by atoms with van der Waals surface area (Å²) in [6, 6.07) is 6.47. The highest BCUT2D eigenvalue weighted by Crippen LogP contribution is 2.44. The third-order valence-corrected chi connectivity index (χ3v) is 4.00. The summed E-state index contributed by atoms with van der Waals surface area (Å²) in [5.41, 5.74) is 9.51. The largest absolute Gasteiger partial charge is 0.383 e. The van der Waals surface area contributed by atoms with Crippen molar-refractivity contribution in [1.29, 1.82) is 0 Å². The first-order valence-corrected chi connectivity index (χ1v) is 6.53. The molecule has 0 amide bonds. The molecule has 1 fully saturated rings. The van der Waals surface area contributed by atoms with Gasteiger partial charge in [-0.1, -0.05) is 28.1 Å². The van der Waals surface area contributed by atoms with Gasteiger partial charge in [-0.25, -0.2) is 0 Å². The zero-order valence-corrected chi connectivity index (χ0v) is 11.2. The highest BCUT2D eigenvalue weighted by atomic mass is 79.9. The fraction of sp³-hybridized carbons (Fsp3) is 0.308. The van der Waals surface area contributed by atoms with Gasteiger partial charge in [-0.3, -0.25) is 4.68 Å². The van der Waals surface area contributed by atoms with Gasteiger partial charge in [0.05, 0.1) is 6.20 Å². The van der Waals surface area contributed by atoms with Crippen LogP contribution in [0.5, 0.6) is 0 Å². The molecule has 1 aliphatic rings. The minimum atomic E-state index is 0.705. The van der Waals surface area contributed by atoms with Crippen molar-refractivity contribution in [3.8, 4) is 11.1 Å². The summed E-state index contributed by atoms with van der Waals surface area (Å²) in [7, 11) is 1.85. The Bertz CT molecular complexity index is 570. The van der Waals surface area contributed by atoms with Crippen molar-refractivity contribution in [2.24, 2.45) is 7.05 Å². The van der Waals surface area contributed by atoms with Crippen molar-refractivity contribution in [3.63, 3.8) is 0 Å². The van der Waals surface area contributed by atoms with Crippen LogP contribution >= 0.6 is 15.9 Å². The lowest BCUT2D eigenvalue weighted by Crippen LogP contribution is -1.98. The summed E-state index contributed by atoms with van der Waals surface area (Å²) in [5, 5.41) is 4.17. The molecule has 3 nitrogen and oxygen atoms in total. The number of hydrogen-bond donors (Lipinski definition) is 1. The average molecular weight is 292 g/mol. The van der Waals surface area contributed by atoms with Crippen LogP contribution in [0.25, 0.3) is 11.1 Å². The van der Waals surface area contributed by atoms with E-state index in [0.717, 1.165) is 17.0 Å². The van der Waals surface area contributed by atoms with Crippen LogP contribution in [-0.2, 0) is 7.05 Å². The highest BCUT2D eigenvalue weighted by molar-refractivity contribution is 9.10. The van der Waals surface area contributed by atoms with E-state index >= 15 is 0 Å². The summed E-state index contributed by atoms with van der Waals surface area (Å²) in [6.45, 7) is 0. The van der Waals surface area contributed by atoms with Crippen LogP contribution in [0.2, 0.25) is 0 Å². The molecule has 0 unspecified atom stereocenters. The Labute approximate surface area is 109 Å². The minimum absolute atomic E-state index is 0.705. The maximum Gasteiger partial charge on any atom is 0.129 e. The third-order valence-electron chi connectivity index (χ3n) is 3.31. The van der Waals surface area contributed by atoms with Crippen LogP contribution < -0.4 is 5.73 Å². The first kappa shape index (κ1) is 10.8. The molecular weight excluding hydrogens is 278 g/mol. The number of benzene rings is 1. The Kier molecular flexibility index (Phi) is 2.47. The van der Waals surface area contributed by atoms with Gasteiger partial charge in [0.2, 0.25) is 0 Å². The van der Waals surface area contributed by atoms with E-state index in [4.69, 9.17) is 5.73 Å². The Morgan fingerprint density at radius 1 is 1.41 bits per heavy atom. The van der Waals surface area contributed by atoms with Gasteiger partial charge in [0, 0.05) is 17.1 Å². The van der Waals surface area contributed by atoms with Crippen LogP contribution in [-0.4, -0.2) is 9.78 Å². The molecule has 88 valence electrons. The Morgan fingerprint density at radius 2 is 2.18 bits per heavy atom. The van der Waals surface area contributed by atoms with Crippen molar-refractivity contribution in [2.75, 3.05) is 5.73 Å². The van der Waals surface area contributed by atoms with Crippen molar-refractivity contribution in [3.05, 3.63) is 34.4 Å². The number of rotatable bonds is 2. The summed E-state index contributed by atoms with van der Waals surface area (Å²) < 4.78 is 2.87. The van der Waals surface area contributed by atoms with Crippen molar-refractivity contribution < 1.29 is 0 Å². The van der Waals surface area contributed by atoms with Crippen molar-refractivity contribution >= 4 is 21.7 Å². The molecule has 0 spiro atoms. The first-order chi connectivity index (χ1) is 8.16. The van der Waals surface area contributed by atoms with Gasteiger partial charge in [-0.2, -0.15) is 5.10 Å². The zero-order valence-electron chi connectivity index (χ0n) is 9.65. The predicted octanol–water partition coefficient (Wildman–Crippen LogP) is 3.31. The Balaban J connectivity index is 2.04. The fourth-order valence-corrected chi connectivity index (χ4v) is 2.79. The van der Waals surface area contributed by atoms with E-state index in [0.29, 0.717) is 5.82 Å². The second-order valence-electron chi connectivity index (χ2n) is 4.58. The van der Waals surface area contributed by atoms with E-state index in [2.05, 4.69) is 39.2 Å².